The average Bonchev–Trinajstić information content (AvgIpc) is 3.14. The molecule has 4 amide bonds. The van der Waals surface area contributed by atoms with Crippen molar-refractivity contribution in [2.24, 2.45) is 0 Å². The summed E-state index contributed by atoms with van der Waals surface area (Å²) in [6, 6.07) is 3.47. The fourth-order valence-corrected chi connectivity index (χ4v) is 3.47. The van der Waals surface area contributed by atoms with E-state index in [0.717, 1.165) is 28.4 Å². The smallest absolute Gasteiger partial charge is 0.325 e. The highest BCUT2D eigenvalue weighted by atomic mass is 16.2. The Balaban J connectivity index is 1.66. The summed E-state index contributed by atoms with van der Waals surface area (Å²) in [5, 5.41) is 5.71. The second kappa shape index (κ2) is 6.59. The maximum Gasteiger partial charge on any atom is 0.325 e. The number of pyridine rings is 1. The van der Waals surface area contributed by atoms with Crippen LogP contribution in [0.5, 0.6) is 0 Å². The molecule has 1 aromatic heterocycles. The van der Waals surface area contributed by atoms with Crippen LogP contribution in [0.4, 0.5) is 10.5 Å². The number of anilines is 1. The zero-order valence-electron chi connectivity index (χ0n) is 15.6. The molecule has 1 atom stereocenters. The van der Waals surface area contributed by atoms with Gasteiger partial charge in [0.2, 0.25) is 5.91 Å². The van der Waals surface area contributed by atoms with Crippen LogP contribution < -0.4 is 10.6 Å². The van der Waals surface area contributed by atoms with Crippen molar-refractivity contribution in [2.45, 2.75) is 38.6 Å². The Labute approximate surface area is 152 Å². The predicted octanol–water partition coefficient (Wildman–Crippen LogP) is 1.08. The van der Waals surface area contributed by atoms with Crippen molar-refractivity contribution < 1.29 is 14.4 Å². The minimum atomic E-state index is -0.958. The van der Waals surface area contributed by atoms with E-state index in [-0.39, 0.29) is 24.3 Å². The van der Waals surface area contributed by atoms with Crippen LogP contribution in [0.15, 0.2) is 12.1 Å². The number of hydrogen-bond donors (Lipinski definition) is 2. The number of amides is 4. The third-order valence-corrected chi connectivity index (χ3v) is 4.96. The summed E-state index contributed by atoms with van der Waals surface area (Å²) in [7, 11) is 1.86. The van der Waals surface area contributed by atoms with Crippen molar-refractivity contribution in [3.8, 4) is 0 Å². The van der Waals surface area contributed by atoms with Gasteiger partial charge in [0.1, 0.15) is 12.1 Å². The third-order valence-electron chi connectivity index (χ3n) is 4.96. The van der Waals surface area contributed by atoms with E-state index in [2.05, 4.69) is 15.6 Å². The summed E-state index contributed by atoms with van der Waals surface area (Å²) in [5.74, 6) is -0.425. The van der Waals surface area contributed by atoms with Gasteiger partial charge < -0.3 is 15.5 Å². The van der Waals surface area contributed by atoms with Crippen molar-refractivity contribution >= 4 is 23.5 Å². The van der Waals surface area contributed by atoms with Gasteiger partial charge in [0, 0.05) is 43.1 Å². The summed E-state index contributed by atoms with van der Waals surface area (Å²) in [6.45, 7) is 6.14. The number of nitrogens with zero attached hydrogens (tertiary/aromatic N) is 3. The molecule has 0 saturated carbocycles. The van der Waals surface area contributed by atoms with Crippen LogP contribution in [-0.4, -0.2) is 64.9 Å². The summed E-state index contributed by atoms with van der Waals surface area (Å²) in [5.41, 5.74) is 1.93. The molecule has 0 bridgehead atoms. The lowest BCUT2D eigenvalue weighted by Gasteiger charge is -2.20. The number of nitrogens with one attached hydrogen (secondary N) is 2. The molecule has 2 saturated heterocycles. The SMILES string of the molecule is CNc1cc(C)nc([C@H]2CCN(C(=O)CN3C(=O)NC(C)(C)C3=O)C2)c1. The number of hydrogen-bond acceptors (Lipinski definition) is 5. The fourth-order valence-electron chi connectivity index (χ4n) is 3.47. The molecule has 2 aliphatic rings. The van der Waals surface area contributed by atoms with E-state index in [0.29, 0.717) is 13.1 Å². The van der Waals surface area contributed by atoms with Crippen LogP contribution in [0.3, 0.4) is 0 Å². The number of carbonyl (C=O) groups excluding carboxylic acids is 3. The monoisotopic (exact) mass is 359 g/mol. The highest BCUT2D eigenvalue weighted by Crippen LogP contribution is 2.28. The maximum atomic E-state index is 12.6. The Kier molecular flexibility index (Phi) is 4.60. The highest BCUT2D eigenvalue weighted by Gasteiger charge is 2.45. The Morgan fingerprint density at radius 1 is 1.38 bits per heavy atom. The van der Waals surface area contributed by atoms with Crippen LogP contribution in [0.25, 0.3) is 0 Å². The molecule has 2 fully saturated rings. The van der Waals surface area contributed by atoms with E-state index in [1.165, 1.54) is 0 Å². The molecule has 1 aromatic rings. The average molecular weight is 359 g/mol. The number of rotatable bonds is 4. The predicted molar refractivity (Wildman–Crippen MR) is 96.8 cm³/mol. The van der Waals surface area contributed by atoms with Crippen molar-refractivity contribution in [2.75, 3.05) is 32.0 Å². The molecule has 0 aromatic carbocycles. The molecule has 0 spiro atoms. The second-order valence-corrected chi connectivity index (χ2v) is 7.44. The lowest BCUT2D eigenvalue weighted by atomic mass is 10.0. The van der Waals surface area contributed by atoms with E-state index < -0.39 is 11.6 Å². The zero-order chi connectivity index (χ0) is 19.1. The first-order chi connectivity index (χ1) is 12.2. The first-order valence-electron chi connectivity index (χ1n) is 8.79. The van der Waals surface area contributed by atoms with Crippen LogP contribution in [-0.2, 0) is 9.59 Å². The zero-order valence-corrected chi connectivity index (χ0v) is 15.6. The van der Waals surface area contributed by atoms with Crippen molar-refractivity contribution in [1.82, 2.24) is 20.1 Å². The molecule has 8 nitrogen and oxygen atoms in total. The summed E-state index contributed by atoms with van der Waals surface area (Å²) >= 11 is 0. The van der Waals surface area contributed by atoms with Crippen molar-refractivity contribution in [3.63, 3.8) is 0 Å². The Bertz CT molecular complexity index is 761. The van der Waals surface area contributed by atoms with Crippen molar-refractivity contribution in [3.05, 3.63) is 23.5 Å². The lowest BCUT2D eigenvalue weighted by Crippen LogP contribution is -2.44. The highest BCUT2D eigenvalue weighted by molar-refractivity contribution is 6.08. The molecule has 2 N–H and O–H groups in total. The topological polar surface area (TPSA) is 94.6 Å². The quantitative estimate of drug-likeness (QED) is 0.785. The normalized spacial score (nSPS) is 21.9. The first kappa shape index (κ1) is 18.2. The largest absolute Gasteiger partial charge is 0.388 e. The summed E-state index contributed by atoms with van der Waals surface area (Å²) in [4.78, 5) is 44.1. The lowest BCUT2D eigenvalue weighted by molar-refractivity contribution is -0.137. The number of aryl methyl sites for hydroxylation is 1. The van der Waals surface area contributed by atoms with Crippen LogP contribution in [0.1, 0.15) is 37.6 Å². The molecular formula is C18H25N5O3. The van der Waals surface area contributed by atoms with Crippen molar-refractivity contribution in [1.29, 1.82) is 0 Å². The molecule has 26 heavy (non-hydrogen) atoms. The minimum Gasteiger partial charge on any atom is -0.388 e. The second-order valence-electron chi connectivity index (χ2n) is 7.44. The van der Waals surface area contributed by atoms with Gasteiger partial charge in [-0.1, -0.05) is 0 Å². The summed E-state index contributed by atoms with van der Waals surface area (Å²) < 4.78 is 0. The van der Waals surface area contributed by atoms with Gasteiger partial charge in [-0.15, -0.1) is 0 Å². The first-order valence-corrected chi connectivity index (χ1v) is 8.79. The molecule has 8 heteroatoms. The Morgan fingerprint density at radius 2 is 2.12 bits per heavy atom. The van der Waals surface area contributed by atoms with Gasteiger partial charge in [-0.3, -0.25) is 19.5 Å². The number of aromatic nitrogens is 1. The van der Waals surface area contributed by atoms with Gasteiger partial charge in [0.25, 0.3) is 5.91 Å². The van der Waals surface area contributed by atoms with E-state index in [9.17, 15) is 14.4 Å². The van der Waals surface area contributed by atoms with Crippen LogP contribution in [0.2, 0.25) is 0 Å². The fraction of sp³-hybridized carbons (Fsp3) is 0.556. The molecule has 3 heterocycles. The van der Waals surface area contributed by atoms with E-state index in [4.69, 9.17) is 0 Å². The number of likely N-dealkylation sites (tertiary alicyclic amines) is 1. The van der Waals surface area contributed by atoms with Crippen LogP contribution >= 0.6 is 0 Å². The Hall–Kier alpha value is -2.64. The van der Waals surface area contributed by atoms with Crippen LogP contribution in [0, 0.1) is 6.92 Å². The molecule has 0 aliphatic carbocycles. The van der Waals surface area contributed by atoms with E-state index in [1.807, 2.05) is 26.1 Å². The molecule has 3 rings (SSSR count). The van der Waals surface area contributed by atoms with Gasteiger partial charge >= 0.3 is 6.03 Å². The number of imide groups is 1. The molecule has 140 valence electrons. The maximum absolute atomic E-state index is 12.6. The minimum absolute atomic E-state index is 0.158. The number of urea groups is 1. The van der Waals surface area contributed by atoms with Gasteiger partial charge in [-0.05, 0) is 39.3 Å². The van der Waals surface area contributed by atoms with E-state index >= 15 is 0 Å². The summed E-state index contributed by atoms with van der Waals surface area (Å²) in [6.07, 6.45) is 0.816. The molecular weight excluding hydrogens is 334 g/mol. The Morgan fingerprint density at radius 3 is 2.73 bits per heavy atom. The number of carbonyl (C=O) groups is 3. The molecule has 0 radical (unpaired) electrons. The van der Waals surface area contributed by atoms with Gasteiger partial charge in [0.05, 0.1) is 0 Å². The standard InChI is InChI=1S/C18H25N5O3/c1-11-7-13(19-4)8-14(20-11)12-5-6-22(9-12)15(24)10-23-16(25)18(2,3)21-17(23)26/h7-8,12H,5-6,9-10H2,1-4H3,(H,19,20)(H,21,26)/t12-/m0/s1. The molecule has 0 unspecified atom stereocenters. The third kappa shape index (κ3) is 3.36. The molecule has 2 aliphatic heterocycles. The van der Waals surface area contributed by atoms with Gasteiger partial charge in [0.15, 0.2) is 0 Å². The van der Waals surface area contributed by atoms with E-state index in [1.54, 1.807) is 18.7 Å². The van der Waals surface area contributed by atoms with Gasteiger partial charge in [-0.25, -0.2) is 4.79 Å². The van der Waals surface area contributed by atoms with Gasteiger partial charge in [-0.2, -0.15) is 0 Å².